The molecule has 42 heavy (non-hydrogen) atoms. The van der Waals surface area contributed by atoms with Crippen molar-refractivity contribution < 1.29 is 4.11 Å². The van der Waals surface area contributed by atoms with Crippen molar-refractivity contribution in [2.75, 3.05) is 9.80 Å². The van der Waals surface area contributed by atoms with Crippen LogP contribution in [0.4, 0.5) is 34.1 Å². The fourth-order valence-electron chi connectivity index (χ4n) is 6.66. The van der Waals surface area contributed by atoms with Crippen molar-refractivity contribution in [1.29, 1.82) is 0 Å². The molecule has 0 spiro atoms. The van der Waals surface area contributed by atoms with Crippen LogP contribution in [0.2, 0.25) is 0 Å². The second kappa shape index (κ2) is 9.39. The smallest absolute Gasteiger partial charge is 0.252 e. The molecule has 2 heterocycles. The number of hydrogen-bond acceptors (Lipinski definition) is 2. The molecule has 0 unspecified atom stereocenters. The Labute approximate surface area is 255 Å². The van der Waals surface area contributed by atoms with Crippen LogP contribution in [-0.4, -0.2) is 6.71 Å². The summed E-state index contributed by atoms with van der Waals surface area (Å²) in [4.78, 5) is 4.54. The minimum Gasteiger partial charge on any atom is -0.311 e. The number of hydrogen-bond donors (Lipinski definition) is 0. The average molecular weight is 550 g/mol. The van der Waals surface area contributed by atoms with Gasteiger partial charge in [-0.25, -0.2) is 0 Å². The van der Waals surface area contributed by atoms with Crippen molar-refractivity contribution in [3.63, 3.8) is 0 Å². The summed E-state index contributed by atoms with van der Waals surface area (Å²) in [6.45, 7) is 11.1. The van der Waals surface area contributed by atoms with Gasteiger partial charge in [-0.1, -0.05) is 102 Å². The SMILES string of the molecule is [2H]C([2H])([2H])c1cc2c3c(c1)N(c1ccc(C(C)(C)C)cc1)c1ccc(C(C)(C)C)cc1B3c1ccccc1N2c1ccccc1. The maximum absolute atomic E-state index is 8.55. The fraction of sp³-hybridized carbons (Fsp3) is 0.231. The van der Waals surface area contributed by atoms with Gasteiger partial charge in [0.25, 0.3) is 6.71 Å². The van der Waals surface area contributed by atoms with E-state index in [0.717, 1.165) is 39.6 Å². The Morgan fingerprint density at radius 3 is 1.69 bits per heavy atom. The first-order valence-electron chi connectivity index (χ1n) is 16.4. The zero-order chi connectivity index (χ0) is 31.9. The van der Waals surface area contributed by atoms with Gasteiger partial charge in [0.1, 0.15) is 0 Å². The first-order chi connectivity index (χ1) is 21.2. The van der Waals surface area contributed by atoms with E-state index in [0.29, 0.717) is 5.56 Å². The highest BCUT2D eigenvalue weighted by Gasteiger charge is 2.43. The van der Waals surface area contributed by atoms with Gasteiger partial charge in [-0.05, 0) is 99.3 Å². The van der Waals surface area contributed by atoms with E-state index < -0.39 is 6.85 Å². The second-order valence-corrected chi connectivity index (χ2v) is 13.7. The van der Waals surface area contributed by atoms with Crippen LogP contribution in [0, 0.1) is 6.85 Å². The van der Waals surface area contributed by atoms with Gasteiger partial charge >= 0.3 is 0 Å². The molecule has 0 saturated carbocycles. The molecule has 0 aromatic heterocycles. The molecule has 0 aliphatic carbocycles. The van der Waals surface area contributed by atoms with Gasteiger partial charge in [-0.15, -0.1) is 0 Å². The zero-order valence-electron chi connectivity index (χ0n) is 28.4. The predicted molar refractivity (Wildman–Crippen MR) is 183 cm³/mol. The summed E-state index contributed by atoms with van der Waals surface area (Å²) < 4.78 is 25.7. The summed E-state index contributed by atoms with van der Waals surface area (Å²) in [5, 5.41) is 0. The number of fused-ring (bicyclic) bond motifs is 4. The number of nitrogens with zero attached hydrogens (tertiary/aromatic N) is 2. The number of anilines is 6. The van der Waals surface area contributed by atoms with Gasteiger partial charge in [0.2, 0.25) is 0 Å². The summed E-state index contributed by atoms with van der Waals surface area (Å²) in [6, 6.07) is 38.3. The molecule has 0 bridgehead atoms. The van der Waals surface area contributed by atoms with Gasteiger partial charge in [-0.2, -0.15) is 0 Å². The van der Waals surface area contributed by atoms with E-state index in [4.69, 9.17) is 4.11 Å². The maximum Gasteiger partial charge on any atom is 0.252 e. The van der Waals surface area contributed by atoms with Gasteiger partial charge < -0.3 is 9.80 Å². The lowest BCUT2D eigenvalue weighted by Gasteiger charge is -2.44. The third-order valence-electron chi connectivity index (χ3n) is 8.85. The molecule has 0 saturated heterocycles. The molecule has 208 valence electrons. The molecule has 0 atom stereocenters. The third kappa shape index (κ3) is 4.17. The highest BCUT2D eigenvalue weighted by molar-refractivity contribution is 7.00. The van der Waals surface area contributed by atoms with Crippen LogP contribution < -0.4 is 26.2 Å². The minimum absolute atomic E-state index is 0.0191. The van der Waals surface area contributed by atoms with E-state index in [2.05, 4.69) is 130 Å². The molecular weight excluding hydrogens is 507 g/mol. The molecular formula is C39H39BN2. The van der Waals surface area contributed by atoms with E-state index in [1.807, 2.05) is 30.3 Å². The molecule has 0 fully saturated rings. The average Bonchev–Trinajstić information content (AvgIpc) is 2.99. The Morgan fingerprint density at radius 2 is 1.07 bits per heavy atom. The first kappa shape index (κ1) is 23.3. The first-order valence-corrected chi connectivity index (χ1v) is 14.9. The van der Waals surface area contributed by atoms with Gasteiger partial charge in [0.05, 0.1) is 0 Å². The standard InChI is InChI=1S/C39H39BN2/c1-26-23-35-37-36(24-26)42(30-20-17-27(18-21-30)38(2,3)4)34-22-19-28(39(5,6)7)25-32(34)40(37)31-15-11-12-16-33(31)41(35)29-13-9-8-10-14-29/h8-25H,1-7H3/i1D3. The Morgan fingerprint density at radius 1 is 0.524 bits per heavy atom. The molecule has 5 aromatic carbocycles. The molecule has 5 aromatic rings. The van der Waals surface area contributed by atoms with Gasteiger partial charge in [-0.3, -0.25) is 0 Å². The summed E-state index contributed by atoms with van der Waals surface area (Å²) in [5.41, 5.74) is 12.4. The van der Waals surface area contributed by atoms with Crippen LogP contribution in [0.25, 0.3) is 0 Å². The second-order valence-electron chi connectivity index (χ2n) is 13.7. The minimum atomic E-state index is -2.28. The van der Waals surface area contributed by atoms with Crippen LogP contribution >= 0.6 is 0 Å². The molecule has 2 nitrogen and oxygen atoms in total. The number of benzene rings is 5. The van der Waals surface area contributed by atoms with Gasteiger partial charge in [0.15, 0.2) is 0 Å². The molecule has 0 amide bonds. The largest absolute Gasteiger partial charge is 0.311 e. The van der Waals surface area contributed by atoms with Crippen molar-refractivity contribution in [3.05, 3.63) is 126 Å². The summed E-state index contributed by atoms with van der Waals surface area (Å²) in [7, 11) is 0. The Bertz CT molecular complexity index is 1920. The highest BCUT2D eigenvalue weighted by atomic mass is 15.2. The molecule has 2 aliphatic heterocycles. The van der Waals surface area contributed by atoms with Crippen molar-refractivity contribution in [2.45, 2.75) is 59.2 Å². The van der Waals surface area contributed by atoms with E-state index in [1.54, 1.807) is 0 Å². The molecule has 0 radical (unpaired) electrons. The lowest BCUT2D eigenvalue weighted by atomic mass is 9.33. The van der Waals surface area contributed by atoms with Crippen molar-refractivity contribution in [3.8, 4) is 0 Å². The highest BCUT2D eigenvalue weighted by Crippen LogP contribution is 2.45. The van der Waals surface area contributed by atoms with E-state index in [1.165, 1.54) is 22.1 Å². The Balaban J connectivity index is 1.60. The zero-order valence-corrected chi connectivity index (χ0v) is 25.4. The fourth-order valence-corrected chi connectivity index (χ4v) is 6.66. The maximum atomic E-state index is 8.55. The number of rotatable bonds is 2. The van der Waals surface area contributed by atoms with Crippen LogP contribution in [-0.2, 0) is 10.8 Å². The Hall–Kier alpha value is -4.24. The van der Waals surface area contributed by atoms with Crippen LogP contribution in [0.5, 0.6) is 0 Å². The van der Waals surface area contributed by atoms with Gasteiger partial charge in [0, 0.05) is 38.2 Å². The van der Waals surface area contributed by atoms with Crippen molar-refractivity contribution in [1.82, 2.24) is 0 Å². The van der Waals surface area contributed by atoms with Crippen LogP contribution in [0.1, 0.15) is 62.3 Å². The van der Waals surface area contributed by atoms with Crippen LogP contribution in [0.15, 0.2) is 109 Å². The number of para-hydroxylation sites is 2. The van der Waals surface area contributed by atoms with Crippen LogP contribution in [0.3, 0.4) is 0 Å². The van der Waals surface area contributed by atoms with Crippen molar-refractivity contribution >= 4 is 57.2 Å². The molecule has 2 aliphatic rings. The third-order valence-corrected chi connectivity index (χ3v) is 8.85. The summed E-state index contributed by atoms with van der Waals surface area (Å²) >= 11 is 0. The topological polar surface area (TPSA) is 6.48 Å². The normalized spacial score (nSPS) is 15.3. The number of aryl methyl sites for hydroxylation is 1. The quantitative estimate of drug-likeness (QED) is 0.199. The van der Waals surface area contributed by atoms with Crippen molar-refractivity contribution in [2.24, 2.45) is 0 Å². The van der Waals surface area contributed by atoms with E-state index in [9.17, 15) is 0 Å². The lowest BCUT2D eigenvalue weighted by molar-refractivity contribution is 0.590. The molecule has 7 rings (SSSR count). The Kier molecular flexibility index (Phi) is 5.22. The summed E-state index contributed by atoms with van der Waals surface area (Å²) in [6.07, 6.45) is 0. The monoisotopic (exact) mass is 549 g/mol. The predicted octanol–water partition coefficient (Wildman–Crippen LogP) is 8.67. The molecule has 3 heteroatoms. The molecule has 0 N–H and O–H groups in total. The van der Waals surface area contributed by atoms with E-state index >= 15 is 0 Å². The lowest BCUT2D eigenvalue weighted by Crippen LogP contribution is -2.61. The summed E-state index contributed by atoms with van der Waals surface area (Å²) in [5.74, 6) is 0. The van der Waals surface area contributed by atoms with E-state index in [-0.39, 0.29) is 17.5 Å².